The van der Waals surface area contributed by atoms with Gasteiger partial charge in [0, 0.05) is 26.3 Å². The van der Waals surface area contributed by atoms with Gasteiger partial charge in [-0.3, -0.25) is 9.58 Å². The van der Waals surface area contributed by atoms with Crippen LogP contribution in [0.15, 0.2) is 12.1 Å². The van der Waals surface area contributed by atoms with Crippen LogP contribution in [-0.2, 0) is 20.8 Å². The lowest BCUT2D eigenvalue weighted by atomic mass is 10.0. The first-order valence-corrected chi connectivity index (χ1v) is 11.8. The molecule has 2 heterocycles. The average Bonchev–Trinajstić information content (AvgIpc) is 3.15. The third-order valence-corrected chi connectivity index (χ3v) is 5.94. The van der Waals surface area contributed by atoms with Crippen LogP contribution in [0.1, 0.15) is 50.6 Å². The number of rotatable bonds is 6. The molecule has 198 valence electrons. The van der Waals surface area contributed by atoms with Gasteiger partial charge in [0.25, 0.3) is 0 Å². The van der Waals surface area contributed by atoms with Crippen LogP contribution in [-0.4, -0.2) is 66.0 Å². The second-order valence-electron chi connectivity index (χ2n) is 9.84. The summed E-state index contributed by atoms with van der Waals surface area (Å²) in [5, 5.41) is 10.4. The lowest BCUT2D eigenvalue weighted by molar-refractivity contribution is -0.0970. The Morgan fingerprint density at radius 2 is 1.78 bits per heavy atom. The molecule has 0 fully saturated rings. The number of nitrogens with one attached hydrogen (secondary N) is 2. The maximum absolute atomic E-state index is 14.4. The van der Waals surface area contributed by atoms with Crippen molar-refractivity contribution in [1.29, 1.82) is 0 Å². The van der Waals surface area contributed by atoms with Crippen LogP contribution in [0.2, 0.25) is 0 Å². The Hall–Kier alpha value is -3.18. The van der Waals surface area contributed by atoms with E-state index >= 15 is 0 Å². The SMILES string of the molecule is COC(CNC(=O)Nc1c(-c2cc(C)c(F)c(C)c2)nn2c1C(C)N(C(=O)OC(C)(C)C)CC2)OC. The van der Waals surface area contributed by atoms with Crippen molar-refractivity contribution in [2.45, 2.75) is 66.0 Å². The van der Waals surface area contributed by atoms with Gasteiger partial charge < -0.3 is 24.8 Å². The van der Waals surface area contributed by atoms with Crippen molar-refractivity contribution in [3.63, 3.8) is 0 Å². The van der Waals surface area contributed by atoms with Crippen molar-refractivity contribution in [3.05, 3.63) is 34.8 Å². The number of methoxy groups -OCH3 is 2. The summed E-state index contributed by atoms with van der Waals surface area (Å²) in [6.07, 6.45) is -1.06. The third kappa shape index (κ3) is 5.96. The standard InChI is InChI=1S/C25H36FN5O5/c1-14-11-17(12-15(2)19(14)26)20-21(28-23(32)27-13-18(34-7)35-8)22-16(3)30(9-10-31(22)29-20)24(33)36-25(4,5)6/h11-12,16,18H,9-10,13H2,1-8H3,(H2,27,28,32). The lowest BCUT2D eigenvalue weighted by Crippen LogP contribution is -2.44. The molecule has 1 unspecified atom stereocenters. The Morgan fingerprint density at radius 1 is 1.17 bits per heavy atom. The van der Waals surface area contributed by atoms with Gasteiger partial charge in [-0.15, -0.1) is 0 Å². The molecular formula is C25H36FN5O5. The van der Waals surface area contributed by atoms with Gasteiger partial charge in [-0.05, 0) is 64.8 Å². The average molecular weight is 506 g/mol. The number of hydrogen-bond donors (Lipinski definition) is 2. The molecule has 1 aliphatic heterocycles. The number of ether oxygens (including phenoxy) is 3. The second-order valence-corrected chi connectivity index (χ2v) is 9.84. The van der Waals surface area contributed by atoms with E-state index in [0.29, 0.717) is 46.9 Å². The number of amides is 3. The largest absolute Gasteiger partial charge is 0.444 e. The second kappa shape index (κ2) is 10.8. The molecule has 36 heavy (non-hydrogen) atoms. The first kappa shape index (κ1) is 27.4. The zero-order chi connectivity index (χ0) is 26.8. The van der Waals surface area contributed by atoms with Crippen molar-refractivity contribution >= 4 is 17.8 Å². The van der Waals surface area contributed by atoms with Gasteiger partial charge in [-0.2, -0.15) is 5.10 Å². The Labute approximate surface area is 211 Å². The number of aryl methyl sites for hydroxylation is 2. The van der Waals surface area contributed by atoms with Crippen LogP contribution >= 0.6 is 0 Å². The third-order valence-electron chi connectivity index (χ3n) is 5.94. The highest BCUT2D eigenvalue weighted by molar-refractivity contribution is 5.95. The van der Waals surface area contributed by atoms with Crippen LogP contribution in [0.4, 0.5) is 19.7 Å². The van der Waals surface area contributed by atoms with Crippen LogP contribution in [0.5, 0.6) is 0 Å². The highest BCUT2D eigenvalue weighted by atomic mass is 19.1. The van der Waals surface area contributed by atoms with Gasteiger partial charge in [-0.1, -0.05) is 0 Å². The maximum Gasteiger partial charge on any atom is 0.410 e. The zero-order valence-electron chi connectivity index (χ0n) is 22.2. The summed E-state index contributed by atoms with van der Waals surface area (Å²) in [5.41, 5.74) is 2.52. The van der Waals surface area contributed by atoms with Gasteiger partial charge in [0.2, 0.25) is 0 Å². The van der Waals surface area contributed by atoms with E-state index in [1.54, 1.807) is 35.6 Å². The highest BCUT2D eigenvalue weighted by Gasteiger charge is 2.36. The molecule has 2 aromatic rings. The fourth-order valence-corrected chi connectivity index (χ4v) is 4.19. The Morgan fingerprint density at radius 3 is 2.33 bits per heavy atom. The number of benzene rings is 1. The molecule has 0 radical (unpaired) electrons. The smallest absolute Gasteiger partial charge is 0.410 e. The topological polar surface area (TPSA) is 107 Å². The first-order valence-electron chi connectivity index (χ1n) is 11.8. The summed E-state index contributed by atoms with van der Waals surface area (Å²) in [5.74, 6) is -0.287. The predicted molar refractivity (Wildman–Crippen MR) is 133 cm³/mol. The normalized spacial score (nSPS) is 15.6. The minimum Gasteiger partial charge on any atom is -0.444 e. The highest BCUT2D eigenvalue weighted by Crippen LogP contribution is 2.39. The number of nitrogens with zero attached hydrogens (tertiary/aromatic N) is 3. The van der Waals surface area contributed by atoms with Crippen molar-refractivity contribution < 1.29 is 28.2 Å². The molecule has 11 heteroatoms. The van der Waals surface area contributed by atoms with Gasteiger partial charge in [0.15, 0.2) is 6.29 Å². The van der Waals surface area contributed by atoms with Crippen molar-refractivity contribution in [2.24, 2.45) is 0 Å². The Bertz CT molecular complexity index is 1100. The van der Waals surface area contributed by atoms with E-state index in [4.69, 9.17) is 19.3 Å². The van der Waals surface area contributed by atoms with Crippen LogP contribution in [0.3, 0.4) is 0 Å². The number of hydrogen-bond acceptors (Lipinski definition) is 6. The van der Waals surface area contributed by atoms with Crippen molar-refractivity contribution in [3.8, 4) is 11.3 Å². The summed E-state index contributed by atoms with van der Waals surface area (Å²) < 4.78 is 32.0. The monoisotopic (exact) mass is 505 g/mol. The number of halogens is 1. The van der Waals surface area contributed by atoms with Crippen LogP contribution in [0.25, 0.3) is 11.3 Å². The quantitative estimate of drug-likeness (QED) is 0.565. The molecule has 1 aliphatic rings. The van der Waals surface area contributed by atoms with E-state index in [0.717, 1.165) is 0 Å². The molecule has 10 nitrogen and oxygen atoms in total. The molecule has 0 saturated carbocycles. The van der Waals surface area contributed by atoms with Gasteiger partial charge in [-0.25, -0.2) is 14.0 Å². The van der Waals surface area contributed by atoms with E-state index < -0.39 is 30.1 Å². The maximum atomic E-state index is 14.4. The van der Waals surface area contributed by atoms with E-state index in [9.17, 15) is 14.0 Å². The molecule has 3 rings (SSSR count). The molecule has 0 spiro atoms. The molecule has 1 aromatic heterocycles. The molecular weight excluding hydrogens is 469 g/mol. The van der Waals surface area contributed by atoms with E-state index in [1.807, 2.05) is 27.7 Å². The number of carbonyl (C=O) groups excluding carboxylic acids is 2. The Kier molecular flexibility index (Phi) is 8.25. The molecule has 2 N–H and O–H groups in total. The fourth-order valence-electron chi connectivity index (χ4n) is 4.19. The zero-order valence-corrected chi connectivity index (χ0v) is 22.2. The summed E-state index contributed by atoms with van der Waals surface area (Å²) in [7, 11) is 2.96. The molecule has 0 bridgehead atoms. The van der Waals surface area contributed by atoms with Crippen LogP contribution < -0.4 is 10.6 Å². The van der Waals surface area contributed by atoms with E-state index in [-0.39, 0.29) is 12.4 Å². The predicted octanol–water partition coefficient (Wildman–Crippen LogP) is 4.36. The van der Waals surface area contributed by atoms with Gasteiger partial charge >= 0.3 is 12.1 Å². The number of aromatic nitrogens is 2. The van der Waals surface area contributed by atoms with Crippen molar-refractivity contribution in [2.75, 3.05) is 32.6 Å². The lowest BCUT2D eigenvalue weighted by Gasteiger charge is -2.35. The first-order chi connectivity index (χ1) is 16.9. The molecule has 1 aromatic carbocycles. The van der Waals surface area contributed by atoms with Gasteiger partial charge in [0.1, 0.15) is 17.1 Å². The molecule has 3 amide bonds. The summed E-state index contributed by atoms with van der Waals surface area (Å²) >= 11 is 0. The summed E-state index contributed by atoms with van der Waals surface area (Å²) in [6.45, 7) is 11.6. The van der Waals surface area contributed by atoms with Crippen LogP contribution in [0, 0.1) is 19.7 Å². The number of anilines is 1. The molecule has 1 atom stereocenters. The van der Waals surface area contributed by atoms with Crippen molar-refractivity contribution in [1.82, 2.24) is 20.0 Å². The van der Waals surface area contributed by atoms with E-state index in [2.05, 4.69) is 10.6 Å². The minimum atomic E-state index is -0.650. The minimum absolute atomic E-state index is 0.117. The fraction of sp³-hybridized carbons (Fsp3) is 0.560. The number of urea groups is 1. The molecule has 0 saturated heterocycles. The number of fused-ring (bicyclic) bond motifs is 1. The van der Waals surface area contributed by atoms with Gasteiger partial charge in [0.05, 0.1) is 30.5 Å². The summed E-state index contributed by atoms with van der Waals surface area (Å²) in [4.78, 5) is 27.4. The summed E-state index contributed by atoms with van der Waals surface area (Å²) in [6, 6.07) is 2.45. The molecule has 0 aliphatic carbocycles. The van der Waals surface area contributed by atoms with E-state index in [1.165, 1.54) is 14.2 Å². The number of carbonyl (C=O) groups is 2. The Balaban J connectivity index is 2.03.